The van der Waals surface area contributed by atoms with Gasteiger partial charge in [0.05, 0.1) is 6.61 Å². The molecule has 0 radical (unpaired) electrons. The third-order valence-corrected chi connectivity index (χ3v) is 2.76. The van der Waals surface area contributed by atoms with E-state index in [0.717, 1.165) is 11.4 Å². The maximum absolute atomic E-state index is 5.39. The average Bonchev–Trinajstić information content (AvgIpc) is 2.41. The first-order chi connectivity index (χ1) is 9.21. The summed E-state index contributed by atoms with van der Waals surface area (Å²) in [6, 6.07) is 7.72. The van der Waals surface area contributed by atoms with E-state index in [4.69, 9.17) is 17.0 Å². The molecule has 0 spiro atoms. The van der Waals surface area contributed by atoms with Crippen molar-refractivity contribution < 1.29 is 4.74 Å². The second-order valence-electron chi connectivity index (χ2n) is 3.87. The van der Waals surface area contributed by atoms with Gasteiger partial charge in [0.1, 0.15) is 5.75 Å². The molecule has 0 aliphatic heterocycles. The fourth-order valence-corrected chi connectivity index (χ4v) is 1.82. The fourth-order valence-electron chi connectivity index (χ4n) is 1.56. The quantitative estimate of drug-likeness (QED) is 0.609. The standard InChI is InChI=1S/C15H20N2OS/c1-4-11-17(12-5-2)15(19)16-13-7-9-14(10-8-13)18-6-3/h4-5,7-10H,1-2,6,11-12H2,3H3,(H,16,19). The molecular formula is C15H20N2OS. The van der Waals surface area contributed by atoms with Gasteiger partial charge < -0.3 is 15.0 Å². The molecule has 0 aromatic heterocycles. The Morgan fingerprint density at radius 1 is 1.26 bits per heavy atom. The molecule has 0 atom stereocenters. The number of hydrogen-bond donors (Lipinski definition) is 1. The molecule has 0 aliphatic rings. The lowest BCUT2D eigenvalue weighted by atomic mass is 10.3. The Hall–Kier alpha value is -1.81. The zero-order valence-electron chi connectivity index (χ0n) is 11.3. The van der Waals surface area contributed by atoms with E-state index in [0.29, 0.717) is 24.8 Å². The summed E-state index contributed by atoms with van der Waals surface area (Å²) in [6.45, 7) is 11.5. The Kier molecular flexibility index (Phi) is 6.68. The summed E-state index contributed by atoms with van der Waals surface area (Å²) < 4.78 is 5.39. The Morgan fingerprint density at radius 2 is 1.84 bits per heavy atom. The van der Waals surface area contributed by atoms with Gasteiger partial charge in [0, 0.05) is 18.8 Å². The van der Waals surface area contributed by atoms with Gasteiger partial charge in [0.25, 0.3) is 0 Å². The SMILES string of the molecule is C=CCN(CC=C)C(=S)Nc1ccc(OCC)cc1. The molecule has 0 fully saturated rings. The van der Waals surface area contributed by atoms with Crippen LogP contribution in [0, 0.1) is 0 Å². The van der Waals surface area contributed by atoms with Gasteiger partial charge in [-0.1, -0.05) is 12.2 Å². The van der Waals surface area contributed by atoms with Crippen LogP contribution in [-0.2, 0) is 0 Å². The fraction of sp³-hybridized carbons (Fsp3) is 0.267. The number of anilines is 1. The molecule has 0 unspecified atom stereocenters. The maximum atomic E-state index is 5.39. The topological polar surface area (TPSA) is 24.5 Å². The largest absolute Gasteiger partial charge is 0.494 e. The predicted octanol–water partition coefficient (Wildman–Crippen LogP) is 3.46. The highest BCUT2D eigenvalue weighted by atomic mass is 32.1. The van der Waals surface area contributed by atoms with E-state index in [9.17, 15) is 0 Å². The van der Waals surface area contributed by atoms with Gasteiger partial charge in [-0.2, -0.15) is 0 Å². The number of rotatable bonds is 7. The average molecular weight is 276 g/mol. The summed E-state index contributed by atoms with van der Waals surface area (Å²) in [5.74, 6) is 0.855. The minimum absolute atomic E-state index is 0.656. The molecule has 0 aliphatic carbocycles. The minimum atomic E-state index is 0.656. The van der Waals surface area contributed by atoms with Crippen LogP contribution in [0.4, 0.5) is 5.69 Å². The first kappa shape index (κ1) is 15.2. The molecular weight excluding hydrogens is 256 g/mol. The second-order valence-corrected chi connectivity index (χ2v) is 4.26. The van der Waals surface area contributed by atoms with Crippen LogP contribution in [0.1, 0.15) is 6.92 Å². The van der Waals surface area contributed by atoms with E-state index in [1.54, 1.807) is 0 Å². The highest BCUT2D eigenvalue weighted by molar-refractivity contribution is 7.80. The van der Waals surface area contributed by atoms with Crippen molar-refractivity contribution in [3.05, 3.63) is 49.6 Å². The van der Waals surface area contributed by atoms with Crippen LogP contribution >= 0.6 is 12.2 Å². The van der Waals surface area contributed by atoms with Crippen LogP contribution in [0.2, 0.25) is 0 Å². The molecule has 0 saturated carbocycles. The second kappa shape index (κ2) is 8.32. The zero-order chi connectivity index (χ0) is 14.1. The number of hydrogen-bond acceptors (Lipinski definition) is 2. The van der Waals surface area contributed by atoms with Gasteiger partial charge >= 0.3 is 0 Å². The van der Waals surface area contributed by atoms with Crippen LogP contribution in [-0.4, -0.2) is 29.7 Å². The molecule has 1 N–H and O–H groups in total. The highest BCUT2D eigenvalue weighted by Crippen LogP contribution is 2.16. The molecule has 4 heteroatoms. The molecule has 0 amide bonds. The van der Waals surface area contributed by atoms with Crippen LogP contribution in [0.5, 0.6) is 5.75 Å². The van der Waals surface area contributed by atoms with E-state index in [-0.39, 0.29) is 0 Å². The summed E-state index contributed by atoms with van der Waals surface area (Å²) in [7, 11) is 0. The number of thiocarbonyl (C=S) groups is 1. The van der Waals surface area contributed by atoms with E-state index in [1.165, 1.54) is 0 Å². The van der Waals surface area contributed by atoms with Gasteiger partial charge in [0.2, 0.25) is 0 Å². The lowest BCUT2D eigenvalue weighted by Gasteiger charge is -2.23. The van der Waals surface area contributed by atoms with E-state index in [1.807, 2.05) is 48.2 Å². The lowest BCUT2D eigenvalue weighted by Crippen LogP contribution is -2.34. The van der Waals surface area contributed by atoms with Crippen molar-refractivity contribution in [2.24, 2.45) is 0 Å². The Labute approximate surface area is 120 Å². The monoisotopic (exact) mass is 276 g/mol. The summed E-state index contributed by atoms with van der Waals surface area (Å²) >= 11 is 5.36. The third-order valence-electron chi connectivity index (χ3n) is 2.40. The molecule has 102 valence electrons. The Morgan fingerprint density at radius 3 is 2.32 bits per heavy atom. The minimum Gasteiger partial charge on any atom is -0.494 e. The maximum Gasteiger partial charge on any atom is 0.173 e. The molecule has 1 aromatic rings. The zero-order valence-corrected chi connectivity index (χ0v) is 12.1. The number of nitrogens with zero attached hydrogens (tertiary/aromatic N) is 1. The smallest absolute Gasteiger partial charge is 0.173 e. The van der Waals surface area contributed by atoms with Crippen molar-refractivity contribution in [3.8, 4) is 5.75 Å². The van der Waals surface area contributed by atoms with E-state index >= 15 is 0 Å². The summed E-state index contributed by atoms with van der Waals surface area (Å²) in [4.78, 5) is 1.98. The van der Waals surface area contributed by atoms with E-state index < -0.39 is 0 Å². The van der Waals surface area contributed by atoms with Crippen molar-refractivity contribution >= 4 is 23.0 Å². The first-order valence-electron chi connectivity index (χ1n) is 6.21. The number of ether oxygens (including phenoxy) is 1. The van der Waals surface area contributed by atoms with Crippen molar-refractivity contribution in [1.82, 2.24) is 4.90 Å². The van der Waals surface area contributed by atoms with Crippen molar-refractivity contribution in [2.45, 2.75) is 6.92 Å². The highest BCUT2D eigenvalue weighted by Gasteiger charge is 2.06. The van der Waals surface area contributed by atoms with E-state index in [2.05, 4.69) is 18.5 Å². The van der Waals surface area contributed by atoms with Crippen molar-refractivity contribution in [2.75, 3.05) is 25.0 Å². The Balaban J connectivity index is 2.63. The van der Waals surface area contributed by atoms with Crippen molar-refractivity contribution in [3.63, 3.8) is 0 Å². The van der Waals surface area contributed by atoms with Crippen LogP contribution in [0.25, 0.3) is 0 Å². The van der Waals surface area contributed by atoms with Gasteiger partial charge in [-0.3, -0.25) is 0 Å². The first-order valence-corrected chi connectivity index (χ1v) is 6.62. The van der Waals surface area contributed by atoms with Gasteiger partial charge in [-0.25, -0.2) is 0 Å². The summed E-state index contributed by atoms with van der Waals surface area (Å²) in [5.41, 5.74) is 0.937. The molecule has 3 nitrogen and oxygen atoms in total. The molecule has 1 rings (SSSR count). The molecule has 1 aromatic carbocycles. The van der Waals surface area contributed by atoms with Crippen LogP contribution in [0.3, 0.4) is 0 Å². The van der Waals surface area contributed by atoms with Crippen molar-refractivity contribution in [1.29, 1.82) is 0 Å². The molecule has 19 heavy (non-hydrogen) atoms. The van der Waals surface area contributed by atoms with Crippen LogP contribution in [0.15, 0.2) is 49.6 Å². The Bertz CT molecular complexity index is 418. The number of benzene rings is 1. The van der Waals surface area contributed by atoms with Gasteiger partial charge in [0.15, 0.2) is 5.11 Å². The molecule has 0 saturated heterocycles. The van der Waals surface area contributed by atoms with Crippen LogP contribution < -0.4 is 10.1 Å². The number of nitrogens with one attached hydrogen (secondary N) is 1. The molecule has 0 heterocycles. The van der Waals surface area contributed by atoms with Gasteiger partial charge in [-0.05, 0) is 43.4 Å². The third kappa shape index (κ3) is 5.14. The summed E-state index contributed by atoms with van der Waals surface area (Å²) in [6.07, 6.45) is 3.63. The summed E-state index contributed by atoms with van der Waals surface area (Å²) in [5, 5.41) is 3.84. The molecule has 0 bridgehead atoms. The van der Waals surface area contributed by atoms with Gasteiger partial charge in [-0.15, -0.1) is 13.2 Å². The predicted molar refractivity (Wildman–Crippen MR) is 85.8 cm³/mol. The normalized spacial score (nSPS) is 9.53. The lowest BCUT2D eigenvalue weighted by molar-refractivity contribution is 0.340.